The standard InChI is InChI=1S/C23H28N6O2/c1-27-11-3-5-16(14-27)15-28(2)22(30)18-13-25-29(21(18)17-7-8-17)23-24-10-9-19(26-23)20-6-4-12-31-20/h4,6,9-10,12-13,16-17H,3,5,7-8,11,14-15H2,1-2H3/t16-/m1/s1. The number of hydrogen-bond donors (Lipinski definition) is 0. The van der Waals surface area contributed by atoms with Gasteiger partial charge in [-0.15, -0.1) is 0 Å². The lowest BCUT2D eigenvalue weighted by molar-refractivity contribution is 0.0739. The predicted octanol–water partition coefficient (Wildman–Crippen LogP) is 3.21. The van der Waals surface area contributed by atoms with Gasteiger partial charge in [0.15, 0.2) is 5.76 Å². The molecular formula is C23H28N6O2. The van der Waals surface area contributed by atoms with Crippen LogP contribution in [0.2, 0.25) is 0 Å². The lowest BCUT2D eigenvalue weighted by Crippen LogP contribution is -2.40. The summed E-state index contributed by atoms with van der Waals surface area (Å²) in [5.74, 6) is 2.01. The van der Waals surface area contributed by atoms with Crippen LogP contribution in [0.4, 0.5) is 0 Å². The number of aromatic nitrogens is 4. The highest BCUT2D eigenvalue weighted by molar-refractivity contribution is 5.95. The minimum absolute atomic E-state index is 0.0311. The van der Waals surface area contributed by atoms with E-state index in [2.05, 4.69) is 27.0 Å². The van der Waals surface area contributed by atoms with E-state index in [0.29, 0.717) is 34.8 Å². The average Bonchev–Trinajstić information content (AvgIpc) is 3.28. The second-order valence-electron chi connectivity index (χ2n) is 8.80. The molecule has 1 saturated carbocycles. The Kier molecular flexibility index (Phi) is 5.31. The van der Waals surface area contributed by atoms with Gasteiger partial charge in [0.1, 0.15) is 5.69 Å². The molecule has 0 unspecified atom stereocenters. The highest BCUT2D eigenvalue weighted by atomic mass is 16.3. The first-order valence-electron chi connectivity index (χ1n) is 11.0. The summed E-state index contributed by atoms with van der Waals surface area (Å²) in [6, 6.07) is 5.50. The normalized spacial score (nSPS) is 19.5. The number of carbonyl (C=O) groups excluding carboxylic acids is 1. The molecule has 162 valence electrons. The summed E-state index contributed by atoms with van der Waals surface area (Å²) in [7, 11) is 4.05. The van der Waals surface area contributed by atoms with Gasteiger partial charge in [-0.05, 0) is 63.4 Å². The molecule has 1 aliphatic carbocycles. The topological polar surface area (TPSA) is 80.3 Å². The third-order valence-electron chi connectivity index (χ3n) is 6.21. The third-order valence-corrected chi connectivity index (χ3v) is 6.21. The van der Waals surface area contributed by atoms with E-state index in [4.69, 9.17) is 4.42 Å². The highest BCUT2D eigenvalue weighted by Gasteiger charge is 2.35. The molecule has 0 radical (unpaired) electrons. The van der Waals surface area contributed by atoms with Gasteiger partial charge in [-0.1, -0.05) is 0 Å². The van der Waals surface area contributed by atoms with Crippen LogP contribution < -0.4 is 0 Å². The molecule has 5 rings (SSSR count). The van der Waals surface area contributed by atoms with Crippen LogP contribution in [-0.4, -0.2) is 69.2 Å². The number of nitrogens with zero attached hydrogens (tertiary/aromatic N) is 6. The van der Waals surface area contributed by atoms with E-state index in [1.807, 2.05) is 30.1 Å². The first kappa shape index (κ1) is 19.9. The van der Waals surface area contributed by atoms with E-state index in [1.54, 1.807) is 23.3 Å². The molecule has 1 amide bonds. The fraction of sp³-hybridized carbons (Fsp3) is 0.478. The van der Waals surface area contributed by atoms with Crippen molar-refractivity contribution in [2.45, 2.75) is 31.6 Å². The summed E-state index contributed by atoms with van der Waals surface area (Å²) in [6.07, 6.45) is 9.48. The largest absolute Gasteiger partial charge is 0.463 e. The van der Waals surface area contributed by atoms with E-state index in [1.165, 1.54) is 12.8 Å². The molecule has 8 nitrogen and oxygen atoms in total. The fourth-order valence-electron chi connectivity index (χ4n) is 4.54. The summed E-state index contributed by atoms with van der Waals surface area (Å²) < 4.78 is 7.21. The van der Waals surface area contributed by atoms with Gasteiger partial charge in [0.25, 0.3) is 11.9 Å². The number of rotatable bonds is 6. The minimum atomic E-state index is 0.0311. The monoisotopic (exact) mass is 420 g/mol. The molecule has 0 bridgehead atoms. The summed E-state index contributed by atoms with van der Waals surface area (Å²) in [5.41, 5.74) is 2.29. The fourth-order valence-corrected chi connectivity index (χ4v) is 4.54. The smallest absolute Gasteiger partial charge is 0.257 e. The average molecular weight is 421 g/mol. The second-order valence-corrected chi connectivity index (χ2v) is 8.80. The molecular weight excluding hydrogens is 392 g/mol. The van der Waals surface area contributed by atoms with Crippen molar-refractivity contribution in [1.82, 2.24) is 29.5 Å². The van der Waals surface area contributed by atoms with Crippen molar-refractivity contribution < 1.29 is 9.21 Å². The molecule has 31 heavy (non-hydrogen) atoms. The van der Waals surface area contributed by atoms with Gasteiger partial charge in [-0.2, -0.15) is 5.10 Å². The van der Waals surface area contributed by atoms with Gasteiger partial charge in [0.2, 0.25) is 0 Å². The zero-order valence-corrected chi connectivity index (χ0v) is 18.1. The maximum Gasteiger partial charge on any atom is 0.257 e. The lowest BCUT2D eigenvalue weighted by atomic mass is 9.98. The van der Waals surface area contributed by atoms with Crippen LogP contribution in [0.25, 0.3) is 17.4 Å². The van der Waals surface area contributed by atoms with Crippen molar-refractivity contribution >= 4 is 5.91 Å². The van der Waals surface area contributed by atoms with E-state index < -0.39 is 0 Å². The maximum atomic E-state index is 13.4. The zero-order valence-electron chi connectivity index (χ0n) is 18.1. The number of amides is 1. The Bertz CT molecular complexity index is 1060. The molecule has 0 spiro atoms. The molecule has 3 aromatic heterocycles. The molecule has 1 saturated heterocycles. The summed E-state index contributed by atoms with van der Waals surface area (Å²) in [6.45, 7) is 2.95. The third kappa shape index (κ3) is 4.12. The molecule has 1 aliphatic heterocycles. The van der Waals surface area contributed by atoms with Crippen molar-refractivity contribution in [3.05, 3.63) is 48.1 Å². The highest BCUT2D eigenvalue weighted by Crippen LogP contribution is 2.42. The SMILES string of the molecule is CN1CCC[C@@H](CN(C)C(=O)c2cnn(-c3nccc(-c4ccco4)n3)c2C2CC2)C1. The van der Waals surface area contributed by atoms with Crippen LogP contribution >= 0.6 is 0 Å². The van der Waals surface area contributed by atoms with Crippen molar-refractivity contribution in [2.24, 2.45) is 5.92 Å². The van der Waals surface area contributed by atoms with Crippen LogP contribution in [-0.2, 0) is 0 Å². The Morgan fingerprint density at radius 1 is 1.29 bits per heavy atom. The van der Waals surface area contributed by atoms with Gasteiger partial charge in [-0.3, -0.25) is 4.79 Å². The Morgan fingerprint density at radius 2 is 2.16 bits per heavy atom. The van der Waals surface area contributed by atoms with E-state index >= 15 is 0 Å². The van der Waals surface area contributed by atoms with E-state index in [0.717, 1.165) is 38.2 Å². The van der Waals surface area contributed by atoms with Gasteiger partial charge < -0.3 is 14.2 Å². The molecule has 0 aromatic carbocycles. The first-order chi connectivity index (χ1) is 15.1. The summed E-state index contributed by atoms with van der Waals surface area (Å²) in [4.78, 5) is 26.6. The molecule has 0 N–H and O–H groups in total. The number of piperidine rings is 1. The molecule has 2 fully saturated rings. The first-order valence-corrected chi connectivity index (χ1v) is 11.0. The number of furan rings is 1. The summed E-state index contributed by atoms with van der Waals surface area (Å²) in [5, 5.41) is 4.54. The number of likely N-dealkylation sites (tertiary alicyclic amines) is 1. The Morgan fingerprint density at radius 3 is 2.90 bits per heavy atom. The quantitative estimate of drug-likeness (QED) is 0.609. The van der Waals surface area contributed by atoms with Gasteiger partial charge in [0.05, 0.1) is 23.7 Å². The Hall–Kier alpha value is -3.00. The van der Waals surface area contributed by atoms with E-state index in [-0.39, 0.29) is 5.91 Å². The molecule has 1 atom stereocenters. The van der Waals surface area contributed by atoms with Gasteiger partial charge in [0, 0.05) is 32.3 Å². The van der Waals surface area contributed by atoms with E-state index in [9.17, 15) is 4.79 Å². The van der Waals surface area contributed by atoms with Gasteiger partial charge in [-0.25, -0.2) is 14.6 Å². The predicted molar refractivity (Wildman–Crippen MR) is 116 cm³/mol. The van der Waals surface area contributed by atoms with Crippen molar-refractivity contribution in [2.75, 3.05) is 33.7 Å². The van der Waals surface area contributed by atoms with Crippen LogP contribution in [0.3, 0.4) is 0 Å². The zero-order chi connectivity index (χ0) is 21.4. The maximum absolute atomic E-state index is 13.4. The van der Waals surface area contributed by atoms with Gasteiger partial charge >= 0.3 is 0 Å². The van der Waals surface area contributed by atoms with Crippen LogP contribution in [0.1, 0.15) is 47.7 Å². The van der Waals surface area contributed by atoms with Crippen molar-refractivity contribution in [3.63, 3.8) is 0 Å². The molecule has 8 heteroatoms. The lowest BCUT2D eigenvalue weighted by Gasteiger charge is -2.32. The number of carbonyl (C=O) groups is 1. The molecule has 4 heterocycles. The summed E-state index contributed by atoms with van der Waals surface area (Å²) >= 11 is 0. The van der Waals surface area contributed by atoms with Crippen molar-refractivity contribution in [1.29, 1.82) is 0 Å². The molecule has 3 aromatic rings. The van der Waals surface area contributed by atoms with Crippen LogP contribution in [0.5, 0.6) is 0 Å². The Labute approximate surface area is 181 Å². The van der Waals surface area contributed by atoms with Crippen LogP contribution in [0, 0.1) is 5.92 Å². The number of hydrogen-bond acceptors (Lipinski definition) is 6. The second kappa shape index (κ2) is 8.26. The Balaban J connectivity index is 1.41. The molecule has 2 aliphatic rings. The van der Waals surface area contributed by atoms with Crippen LogP contribution in [0.15, 0.2) is 41.3 Å². The minimum Gasteiger partial charge on any atom is -0.463 e. The van der Waals surface area contributed by atoms with Crippen molar-refractivity contribution in [3.8, 4) is 17.4 Å².